The van der Waals surface area contributed by atoms with Gasteiger partial charge in [-0.05, 0) is 31.3 Å². The van der Waals surface area contributed by atoms with Crippen LogP contribution in [0, 0.1) is 11.8 Å². The zero-order chi connectivity index (χ0) is 12.1. The van der Waals surface area contributed by atoms with E-state index < -0.39 is 0 Å². The van der Waals surface area contributed by atoms with Gasteiger partial charge in [0.1, 0.15) is 6.61 Å². The summed E-state index contributed by atoms with van der Waals surface area (Å²) < 4.78 is 10.1. The van der Waals surface area contributed by atoms with E-state index in [1.54, 1.807) is 7.11 Å². The molecule has 0 aliphatic carbocycles. The molecule has 2 unspecified atom stereocenters. The molecule has 2 aliphatic heterocycles. The molecule has 2 saturated heterocycles. The number of fused-ring (bicyclic) bond motifs is 1. The fraction of sp³-hybridized carbons (Fsp3) is 0.917. The lowest BCUT2D eigenvalue weighted by Gasteiger charge is -2.34. The highest BCUT2D eigenvalue weighted by atomic mass is 35.5. The van der Waals surface area contributed by atoms with Crippen molar-refractivity contribution in [2.75, 3.05) is 53.1 Å². The van der Waals surface area contributed by atoms with Crippen LogP contribution in [0.2, 0.25) is 0 Å². The standard InChI is InChI=1S/C12H22N2O3.ClH/c1-16-4-5-17-9-12(15)14-3-2-10-6-13-7-11(10)8-14;/h10-11,13H,2-9H2,1H3;1H. The summed E-state index contributed by atoms with van der Waals surface area (Å²) in [6.07, 6.45) is 1.13. The van der Waals surface area contributed by atoms with Crippen LogP contribution in [0.15, 0.2) is 0 Å². The molecule has 0 aromatic rings. The van der Waals surface area contributed by atoms with Gasteiger partial charge in [0, 0.05) is 20.2 Å². The van der Waals surface area contributed by atoms with Crippen LogP contribution in [-0.2, 0) is 14.3 Å². The van der Waals surface area contributed by atoms with Crippen LogP contribution < -0.4 is 5.32 Å². The van der Waals surface area contributed by atoms with Crippen molar-refractivity contribution in [1.82, 2.24) is 10.2 Å². The van der Waals surface area contributed by atoms with Crippen LogP contribution in [0.5, 0.6) is 0 Å². The Labute approximate surface area is 115 Å². The summed E-state index contributed by atoms with van der Waals surface area (Å²) in [4.78, 5) is 13.8. The SMILES string of the molecule is COCCOCC(=O)N1CCC2CNCC2C1.Cl. The van der Waals surface area contributed by atoms with Gasteiger partial charge in [-0.2, -0.15) is 0 Å². The Bertz CT molecular complexity index is 266. The number of rotatable bonds is 5. The van der Waals surface area contributed by atoms with Gasteiger partial charge in [-0.1, -0.05) is 0 Å². The third-order valence-corrected chi connectivity index (χ3v) is 3.71. The maximum absolute atomic E-state index is 11.9. The van der Waals surface area contributed by atoms with Gasteiger partial charge in [0.15, 0.2) is 0 Å². The van der Waals surface area contributed by atoms with Crippen LogP contribution in [-0.4, -0.2) is 63.9 Å². The van der Waals surface area contributed by atoms with E-state index in [2.05, 4.69) is 5.32 Å². The highest BCUT2D eigenvalue weighted by molar-refractivity contribution is 5.85. The second-order valence-corrected chi connectivity index (χ2v) is 4.85. The molecule has 6 heteroatoms. The van der Waals surface area contributed by atoms with Gasteiger partial charge in [0.05, 0.1) is 13.2 Å². The normalized spacial score (nSPS) is 26.6. The quantitative estimate of drug-likeness (QED) is 0.727. The Morgan fingerprint density at radius 2 is 2.11 bits per heavy atom. The number of carbonyl (C=O) groups excluding carboxylic acids is 1. The minimum Gasteiger partial charge on any atom is -0.382 e. The van der Waals surface area contributed by atoms with Gasteiger partial charge < -0.3 is 19.7 Å². The van der Waals surface area contributed by atoms with Gasteiger partial charge in [0.25, 0.3) is 0 Å². The Kier molecular flexibility index (Phi) is 6.92. The summed E-state index contributed by atoms with van der Waals surface area (Å²) in [5, 5.41) is 3.40. The smallest absolute Gasteiger partial charge is 0.248 e. The molecule has 1 amide bonds. The summed E-state index contributed by atoms with van der Waals surface area (Å²) >= 11 is 0. The zero-order valence-corrected chi connectivity index (χ0v) is 11.7. The minimum absolute atomic E-state index is 0. The molecule has 1 N–H and O–H groups in total. The first-order chi connectivity index (χ1) is 8.31. The highest BCUT2D eigenvalue weighted by Gasteiger charge is 2.34. The molecule has 0 radical (unpaired) electrons. The molecule has 0 spiro atoms. The van der Waals surface area contributed by atoms with Crippen LogP contribution in [0.25, 0.3) is 0 Å². The molecular formula is C12H23ClN2O3. The van der Waals surface area contributed by atoms with E-state index in [0.29, 0.717) is 19.1 Å². The van der Waals surface area contributed by atoms with Crippen LogP contribution >= 0.6 is 12.4 Å². The van der Waals surface area contributed by atoms with Crippen molar-refractivity contribution in [3.05, 3.63) is 0 Å². The fourth-order valence-corrected chi connectivity index (χ4v) is 2.65. The van der Waals surface area contributed by atoms with Crippen LogP contribution in [0.1, 0.15) is 6.42 Å². The molecule has 0 aromatic carbocycles. The van der Waals surface area contributed by atoms with E-state index in [1.165, 1.54) is 0 Å². The van der Waals surface area contributed by atoms with Crippen molar-refractivity contribution in [2.24, 2.45) is 11.8 Å². The summed E-state index contributed by atoms with van der Waals surface area (Å²) in [6, 6.07) is 0. The summed E-state index contributed by atoms with van der Waals surface area (Å²) in [7, 11) is 1.63. The third kappa shape index (κ3) is 4.09. The molecule has 2 heterocycles. The molecule has 2 aliphatic rings. The van der Waals surface area contributed by atoms with Crippen molar-refractivity contribution in [3.63, 3.8) is 0 Å². The van der Waals surface area contributed by atoms with Gasteiger partial charge in [0.2, 0.25) is 5.91 Å². The van der Waals surface area contributed by atoms with E-state index in [9.17, 15) is 4.79 Å². The lowest BCUT2D eigenvalue weighted by molar-refractivity contribution is -0.138. The first kappa shape index (κ1) is 15.7. The molecular weight excluding hydrogens is 256 g/mol. The summed E-state index contributed by atoms with van der Waals surface area (Å²) in [6.45, 7) is 5.18. The molecule has 18 heavy (non-hydrogen) atoms. The monoisotopic (exact) mass is 278 g/mol. The predicted molar refractivity (Wildman–Crippen MR) is 71.0 cm³/mol. The van der Waals surface area contributed by atoms with Crippen LogP contribution in [0.3, 0.4) is 0 Å². The molecule has 0 bridgehead atoms. The molecule has 2 rings (SSSR count). The van der Waals surface area contributed by atoms with E-state index in [-0.39, 0.29) is 24.9 Å². The molecule has 2 fully saturated rings. The van der Waals surface area contributed by atoms with Crippen molar-refractivity contribution in [2.45, 2.75) is 6.42 Å². The number of amides is 1. The number of hydrogen-bond donors (Lipinski definition) is 1. The molecule has 0 aromatic heterocycles. The second-order valence-electron chi connectivity index (χ2n) is 4.85. The Hall–Kier alpha value is -0.360. The van der Waals surface area contributed by atoms with E-state index in [4.69, 9.17) is 9.47 Å². The van der Waals surface area contributed by atoms with Crippen molar-refractivity contribution >= 4 is 18.3 Å². The number of hydrogen-bond acceptors (Lipinski definition) is 4. The number of methoxy groups -OCH3 is 1. The number of nitrogens with zero attached hydrogens (tertiary/aromatic N) is 1. The second kappa shape index (κ2) is 7.94. The summed E-state index contributed by atoms with van der Waals surface area (Å²) in [5.41, 5.74) is 0. The number of carbonyl (C=O) groups is 1. The highest BCUT2D eigenvalue weighted by Crippen LogP contribution is 2.26. The predicted octanol–water partition coefficient (Wildman–Crippen LogP) is 0.139. The summed E-state index contributed by atoms with van der Waals surface area (Å²) in [5.74, 6) is 1.53. The molecule has 5 nitrogen and oxygen atoms in total. The number of likely N-dealkylation sites (tertiary alicyclic amines) is 1. The largest absolute Gasteiger partial charge is 0.382 e. The van der Waals surface area contributed by atoms with E-state index in [1.807, 2.05) is 4.90 Å². The molecule has 2 atom stereocenters. The first-order valence-electron chi connectivity index (χ1n) is 6.36. The van der Waals surface area contributed by atoms with Crippen molar-refractivity contribution in [3.8, 4) is 0 Å². The Morgan fingerprint density at radius 3 is 2.89 bits per heavy atom. The Balaban J connectivity index is 0.00000162. The third-order valence-electron chi connectivity index (χ3n) is 3.71. The van der Waals surface area contributed by atoms with Gasteiger partial charge >= 0.3 is 0 Å². The van der Waals surface area contributed by atoms with Gasteiger partial charge in [-0.15, -0.1) is 12.4 Å². The lowest BCUT2D eigenvalue weighted by Crippen LogP contribution is -2.44. The maximum atomic E-state index is 11.9. The van der Waals surface area contributed by atoms with Crippen molar-refractivity contribution in [1.29, 1.82) is 0 Å². The topological polar surface area (TPSA) is 50.8 Å². The minimum atomic E-state index is 0. The average Bonchev–Trinajstić information content (AvgIpc) is 2.81. The van der Waals surface area contributed by atoms with Crippen molar-refractivity contribution < 1.29 is 14.3 Å². The van der Waals surface area contributed by atoms with E-state index >= 15 is 0 Å². The fourth-order valence-electron chi connectivity index (χ4n) is 2.65. The number of ether oxygens (including phenoxy) is 2. The zero-order valence-electron chi connectivity index (χ0n) is 10.9. The van der Waals surface area contributed by atoms with Gasteiger partial charge in [-0.3, -0.25) is 4.79 Å². The molecule has 0 saturated carbocycles. The number of piperidine rings is 1. The van der Waals surface area contributed by atoms with Gasteiger partial charge in [-0.25, -0.2) is 0 Å². The van der Waals surface area contributed by atoms with E-state index in [0.717, 1.165) is 38.5 Å². The maximum Gasteiger partial charge on any atom is 0.248 e. The Morgan fingerprint density at radius 1 is 1.33 bits per heavy atom. The number of nitrogens with one attached hydrogen (secondary N) is 1. The first-order valence-corrected chi connectivity index (χ1v) is 6.36. The lowest BCUT2D eigenvalue weighted by atomic mass is 9.89. The average molecular weight is 279 g/mol. The number of halogens is 1. The van der Waals surface area contributed by atoms with Crippen LogP contribution in [0.4, 0.5) is 0 Å². The molecule has 106 valence electrons.